The number of amides is 1. The van der Waals surface area contributed by atoms with Gasteiger partial charge in [-0.05, 0) is 42.0 Å². The Balaban J connectivity index is 1.94. The number of alkyl halides is 3. The van der Waals surface area contributed by atoms with Crippen LogP contribution < -0.4 is 16.5 Å². The van der Waals surface area contributed by atoms with Crippen LogP contribution in [0.25, 0.3) is 5.70 Å². The van der Waals surface area contributed by atoms with Gasteiger partial charge in [0.15, 0.2) is 0 Å². The lowest BCUT2D eigenvalue weighted by atomic mass is 9.91. The van der Waals surface area contributed by atoms with Gasteiger partial charge in [-0.3, -0.25) is 25.4 Å². The van der Waals surface area contributed by atoms with Gasteiger partial charge in [0.05, 0.1) is 12.3 Å². The standard InChI is InChI=1S/C19H15Cl3F3N3O3/c1-10(29)26-28-30-9-12-4-11(2-3-16(12)22)17-8-18(31-27-17,19(23,24)25)13-5-14(20)7-15(21)6-13/h2-8,27-28H,9H2,1H3,(H,26,29). The third-order valence-corrected chi connectivity index (χ3v) is 5.07. The van der Waals surface area contributed by atoms with Crippen molar-refractivity contribution >= 4 is 46.4 Å². The molecule has 31 heavy (non-hydrogen) atoms. The molecular formula is C19H15Cl3F3N3O3. The number of halogens is 6. The molecule has 1 unspecified atom stereocenters. The largest absolute Gasteiger partial charge is 0.428 e. The summed E-state index contributed by atoms with van der Waals surface area (Å²) in [6, 6.07) is 8.14. The van der Waals surface area contributed by atoms with Crippen LogP contribution >= 0.6 is 34.8 Å². The molecule has 2 aromatic carbocycles. The van der Waals surface area contributed by atoms with Crippen LogP contribution in [-0.2, 0) is 26.7 Å². The minimum Gasteiger partial charge on any atom is -0.277 e. The fraction of sp³-hybridized carbons (Fsp3) is 0.211. The second-order valence-corrected chi connectivity index (χ2v) is 7.81. The Morgan fingerprint density at radius 3 is 2.45 bits per heavy atom. The van der Waals surface area contributed by atoms with Gasteiger partial charge in [0.25, 0.3) is 0 Å². The maximum atomic E-state index is 14.1. The van der Waals surface area contributed by atoms with Gasteiger partial charge in [-0.15, -0.1) is 5.59 Å². The van der Waals surface area contributed by atoms with E-state index < -0.39 is 11.8 Å². The van der Waals surface area contributed by atoms with Gasteiger partial charge in [0.2, 0.25) is 11.5 Å². The molecule has 1 amide bonds. The first kappa shape index (κ1) is 23.6. The van der Waals surface area contributed by atoms with E-state index in [1.807, 2.05) is 0 Å². The van der Waals surface area contributed by atoms with Crippen LogP contribution in [0.15, 0.2) is 42.5 Å². The summed E-state index contributed by atoms with van der Waals surface area (Å²) in [5.74, 6) is -0.373. The number of hydrogen-bond donors (Lipinski definition) is 3. The lowest BCUT2D eigenvalue weighted by Crippen LogP contribution is -2.42. The SMILES string of the molecule is CC(=O)NNOCc1cc(C2=CC(c3cc(Cl)cc(Cl)c3)(C(F)(F)F)ON2)ccc1Cl. The van der Waals surface area contributed by atoms with Gasteiger partial charge in [0.1, 0.15) is 0 Å². The van der Waals surface area contributed by atoms with Crippen molar-refractivity contribution in [1.82, 2.24) is 16.5 Å². The third kappa shape index (κ3) is 5.25. The van der Waals surface area contributed by atoms with Crippen molar-refractivity contribution in [3.05, 3.63) is 74.2 Å². The average molecular weight is 497 g/mol. The number of carbonyl (C=O) groups excluding carboxylic acids is 1. The number of hydroxylamine groups is 1. The molecule has 3 N–H and O–H groups in total. The zero-order chi connectivity index (χ0) is 22.8. The first-order chi connectivity index (χ1) is 14.5. The Hall–Kier alpha value is -2.01. The Labute approximate surface area is 190 Å². The summed E-state index contributed by atoms with van der Waals surface area (Å²) in [4.78, 5) is 21.0. The van der Waals surface area contributed by atoms with Gasteiger partial charge in [0, 0.05) is 33.1 Å². The van der Waals surface area contributed by atoms with E-state index in [1.54, 1.807) is 0 Å². The number of rotatable bonds is 6. The molecule has 1 aliphatic rings. The Bertz CT molecular complexity index is 1010. The van der Waals surface area contributed by atoms with Crippen LogP contribution in [0, 0.1) is 0 Å². The predicted octanol–water partition coefficient (Wildman–Crippen LogP) is 5.05. The van der Waals surface area contributed by atoms with E-state index >= 15 is 0 Å². The summed E-state index contributed by atoms with van der Waals surface area (Å²) in [6.45, 7) is 1.21. The minimum atomic E-state index is -4.82. The summed E-state index contributed by atoms with van der Waals surface area (Å²) in [5, 5.41) is 0.389. The average Bonchev–Trinajstić information content (AvgIpc) is 3.12. The van der Waals surface area contributed by atoms with E-state index in [9.17, 15) is 18.0 Å². The molecule has 0 saturated carbocycles. The quantitative estimate of drug-likeness (QED) is 0.386. The molecule has 166 valence electrons. The van der Waals surface area contributed by atoms with Gasteiger partial charge >= 0.3 is 6.18 Å². The van der Waals surface area contributed by atoms with E-state index in [4.69, 9.17) is 44.5 Å². The van der Waals surface area contributed by atoms with E-state index in [0.717, 1.165) is 18.2 Å². The summed E-state index contributed by atoms with van der Waals surface area (Å²) in [5.41, 5.74) is 4.56. The van der Waals surface area contributed by atoms with E-state index in [-0.39, 0.29) is 33.8 Å². The number of carbonyl (C=O) groups is 1. The molecule has 0 aliphatic carbocycles. The molecule has 1 heterocycles. The Kier molecular flexibility index (Phi) is 7.04. The minimum absolute atomic E-state index is 0.0363. The molecule has 1 atom stereocenters. The van der Waals surface area contributed by atoms with Crippen LogP contribution in [0.4, 0.5) is 13.2 Å². The molecule has 0 fully saturated rings. The van der Waals surface area contributed by atoms with Crippen LogP contribution in [0.2, 0.25) is 15.1 Å². The monoisotopic (exact) mass is 495 g/mol. The highest BCUT2D eigenvalue weighted by molar-refractivity contribution is 6.34. The van der Waals surface area contributed by atoms with Crippen LogP contribution in [-0.4, -0.2) is 12.1 Å². The van der Waals surface area contributed by atoms with Gasteiger partial charge in [-0.1, -0.05) is 40.9 Å². The summed E-state index contributed by atoms with van der Waals surface area (Å²) in [6.07, 6.45) is -3.92. The second-order valence-electron chi connectivity index (χ2n) is 6.53. The predicted molar refractivity (Wildman–Crippen MR) is 110 cm³/mol. The van der Waals surface area contributed by atoms with Crippen molar-refractivity contribution in [2.45, 2.75) is 25.3 Å². The Morgan fingerprint density at radius 1 is 1.16 bits per heavy atom. The molecule has 6 nitrogen and oxygen atoms in total. The molecule has 3 rings (SSSR count). The van der Waals surface area contributed by atoms with Crippen molar-refractivity contribution in [3.63, 3.8) is 0 Å². The van der Waals surface area contributed by atoms with Crippen molar-refractivity contribution in [2.75, 3.05) is 0 Å². The fourth-order valence-electron chi connectivity index (χ4n) is 2.83. The molecule has 0 radical (unpaired) electrons. The highest BCUT2D eigenvalue weighted by Crippen LogP contribution is 2.48. The number of benzene rings is 2. The second kappa shape index (κ2) is 9.23. The van der Waals surface area contributed by atoms with Gasteiger partial charge in [-0.2, -0.15) is 13.2 Å². The molecule has 1 aliphatic heterocycles. The smallest absolute Gasteiger partial charge is 0.277 e. The normalized spacial score (nSPS) is 18.5. The van der Waals surface area contributed by atoms with Crippen LogP contribution in [0.5, 0.6) is 0 Å². The third-order valence-electron chi connectivity index (χ3n) is 4.27. The zero-order valence-corrected chi connectivity index (χ0v) is 18.0. The van der Waals surface area contributed by atoms with Gasteiger partial charge in [-0.25, -0.2) is 0 Å². The van der Waals surface area contributed by atoms with Crippen molar-refractivity contribution in [3.8, 4) is 0 Å². The molecule has 0 saturated heterocycles. The number of nitrogens with one attached hydrogen (secondary N) is 3. The molecular weight excluding hydrogens is 482 g/mol. The molecule has 12 heteroatoms. The lowest BCUT2D eigenvalue weighted by molar-refractivity contribution is -0.269. The van der Waals surface area contributed by atoms with Crippen molar-refractivity contribution < 1.29 is 27.6 Å². The number of hydrogen-bond acceptors (Lipinski definition) is 5. The lowest BCUT2D eigenvalue weighted by Gasteiger charge is -2.28. The first-order valence-electron chi connectivity index (χ1n) is 8.64. The molecule has 2 aromatic rings. The van der Waals surface area contributed by atoms with Crippen molar-refractivity contribution in [1.29, 1.82) is 0 Å². The fourth-order valence-corrected chi connectivity index (χ4v) is 3.53. The topological polar surface area (TPSA) is 71.6 Å². The zero-order valence-electron chi connectivity index (χ0n) is 15.7. The van der Waals surface area contributed by atoms with Crippen LogP contribution in [0.3, 0.4) is 0 Å². The maximum Gasteiger partial charge on any atom is 0.428 e. The van der Waals surface area contributed by atoms with E-state index in [1.165, 1.54) is 31.2 Å². The molecule has 0 spiro atoms. The first-order valence-corrected chi connectivity index (χ1v) is 9.77. The Morgan fingerprint density at radius 2 is 1.84 bits per heavy atom. The highest BCUT2D eigenvalue weighted by atomic mass is 35.5. The number of hydrazine groups is 1. The molecule has 0 aromatic heterocycles. The van der Waals surface area contributed by atoms with Crippen LogP contribution in [0.1, 0.15) is 23.6 Å². The summed E-state index contributed by atoms with van der Waals surface area (Å²) in [7, 11) is 0. The van der Waals surface area contributed by atoms with Crippen molar-refractivity contribution in [2.24, 2.45) is 0 Å². The summed E-state index contributed by atoms with van der Waals surface area (Å²) < 4.78 is 42.3. The van der Waals surface area contributed by atoms with E-state index in [2.05, 4.69) is 16.5 Å². The maximum absolute atomic E-state index is 14.1. The van der Waals surface area contributed by atoms with Gasteiger partial charge < -0.3 is 0 Å². The highest BCUT2D eigenvalue weighted by Gasteiger charge is 2.59. The van der Waals surface area contributed by atoms with E-state index in [0.29, 0.717) is 16.1 Å². The summed E-state index contributed by atoms with van der Waals surface area (Å²) >= 11 is 17.9. The molecule has 0 bridgehead atoms.